The van der Waals surface area contributed by atoms with Crippen LogP contribution in [-0.4, -0.2) is 53.9 Å². The lowest BCUT2D eigenvalue weighted by Gasteiger charge is -2.21. The van der Waals surface area contributed by atoms with Crippen molar-refractivity contribution in [1.82, 2.24) is 14.8 Å². The van der Waals surface area contributed by atoms with Crippen LogP contribution in [0.2, 0.25) is 5.15 Å². The number of nitrogens with two attached hydrogens (primary N) is 1. The number of nitrogen functional groups attached to an aromatic ring is 1. The summed E-state index contributed by atoms with van der Waals surface area (Å²) in [5.74, 6) is -0.0629. The quantitative estimate of drug-likeness (QED) is 0.775. The van der Waals surface area contributed by atoms with Crippen molar-refractivity contribution in [2.75, 3.05) is 39.0 Å². The summed E-state index contributed by atoms with van der Waals surface area (Å²) in [6.07, 6.45) is 2.40. The van der Waals surface area contributed by atoms with Gasteiger partial charge in [0.25, 0.3) is 5.91 Å². The first-order chi connectivity index (χ1) is 8.58. The Bertz CT molecular complexity index is 452. The van der Waals surface area contributed by atoms with Gasteiger partial charge in [0.2, 0.25) is 0 Å². The normalized spacial score (nSPS) is 17.6. The van der Waals surface area contributed by atoms with E-state index in [2.05, 4.69) is 16.9 Å². The highest BCUT2D eigenvalue weighted by Crippen LogP contribution is 2.18. The molecule has 98 valence electrons. The van der Waals surface area contributed by atoms with E-state index >= 15 is 0 Å². The van der Waals surface area contributed by atoms with E-state index in [4.69, 9.17) is 17.3 Å². The Morgan fingerprint density at radius 2 is 2.17 bits per heavy atom. The molecule has 1 aromatic heterocycles. The molecule has 2 N–H and O–H groups in total. The molecule has 5 nitrogen and oxygen atoms in total. The van der Waals surface area contributed by atoms with Crippen LogP contribution in [0, 0.1) is 0 Å². The maximum atomic E-state index is 12.4. The minimum absolute atomic E-state index is 0.0629. The number of aromatic nitrogens is 1. The van der Waals surface area contributed by atoms with Gasteiger partial charge in [-0.2, -0.15) is 0 Å². The second-order valence-electron chi connectivity index (χ2n) is 4.54. The Morgan fingerprint density at radius 1 is 1.39 bits per heavy atom. The van der Waals surface area contributed by atoms with E-state index in [1.165, 1.54) is 12.3 Å². The van der Waals surface area contributed by atoms with Crippen LogP contribution >= 0.6 is 11.6 Å². The summed E-state index contributed by atoms with van der Waals surface area (Å²) in [4.78, 5) is 20.3. The summed E-state index contributed by atoms with van der Waals surface area (Å²) in [6, 6.07) is 1.54. The Kier molecular flexibility index (Phi) is 4.04. The Labute approximate surface area is 112 Å². The van der Waals surface area contributed by atoms with Crippen LogP contribution in [0.4, 0.5) is 5.69 Å². The monoisotopic (exact) mass is 268 g/mol. The summed E-state index contributed by atoms with van der Waals surface area (Å²) in [7, 11) is 2.06. The van der Waals surface area contributed by atoms with E-state index in [1.807, 2.05) is 4.90 Å². The van der Waals surface area contributed by atoms with Crippen molar-refractivity contribution in [3.8, 4) is 0 Å². The van der Waals surface area contributed by atoms with Crippen LogP contribution in [-0.2, 0) is 0 Å². The fourth-order valence-corrected chi connectivity index (χ4v) is 2.20. The highest BCUT2D eigenvalue weighted by atomic mass is 35.5. The van der Waals surface area contributed by atoms with Gasteiger partial charge in [0.15, 0.2) is 0 Å². The number of anilines is 1. The van der Waals surface area contributed by atoms with Gasteiger partial charge in [-0.05, 0) is 26.1 Å². The Morgan fingerprint density at radius 3 is 2.94 bits per heavy atom. The van der Waals surface area contributed by atoms with E-state index in [-0.39, 0.29) is 5.91 Å². The lowest BCUT2D eigenvalue weighted by molar-refractivity contribution is 0.0764. The molecule has 0 spiro atoms. The molecule has 2 rings (SSSR count). The van der Waals surface area contributed by atoms with Gasteiger partial charge in [-0.15, -0.1) is 0 Å². The van der Waals surface area contributed by atoms with E-state index in [9.17, 15) is 4.79 Å². The van der Waals surface area contributed by atoms with E-state index in [1.54, 1.807) is 0 Å². The maximum absolute atomic E-state index is 12.4. The minimum Gasteiger partial charge on any atom is -0.397 e. The molecule has 1 aromatic rings. The SMILES string of the molecule is CN1CCCN(C(=O)c2cc(Cl)ncc2N)CC1. The van der Waals surface area contributed by atoms with Crippen molar-refractivity contribution < 1.29 is 4.79 Å². The van der Waals surface area contributed by atoms with Gasteiger partial charge >= 0.3 is 0 Å². The molecule has 1 fully saturated rings. The molecular formula is C12H17ClN4O. The second kappa shape index (κ2) is 5.54. The molecule has 0 aliphatic carbocycles. The highest BCUT2D eigenvalue weighted by molar-refractivity contribution is 6.29. The van der Waals surface area contributed by atoms with Gasteiger partial charge in [-0.3, -0.25) is 4.79 Å². The first-order valence-corrected chi connectivity index (χ1v) is 6.34. The molecule has 1 saturated heterocycles. The van der Waals surface area contributed by atoms with Crippen molar-refractivity contribution in [1.29, 1.82) is 0 Å². The molecule has 0 aromatic carbocycles. The van der Waals surface area contributed by atoms with Crippen molar-refractivity contribution in [3.05, 3.63) is 23.0 Å². The molecule has 18 heavy (non-hydrogen) atoms. The summed E-state index contributed by atoms with van der Waals surface area (Å²) in [5, 5.41) is 0.291. The van der Waals surface area contributed by atoms with Gasteiger partial charge < -0.3 is 15.5 Å². The van der Waals surface area contributed by atoms with Gasteiger partial charge in [0.05, 0.1) is 17.4 Å². The van der Waals surface area contributed by atoms with Crippen LogP contribution in [0.3, 0.4) is 0 Å². The van der Waals surface area contributed by atoms with E-state index in [0.29, 0.717) is 22.9 Å². The number of halogens is 1. The van der Waals surface area contributed by atoms with Crippen LogP contribution in [0.5, 0.6) is 0 Å². The molecule has 0 saturated carbocycles. The number of hydrogen-bond donors (Lipinski definition) is 1. The van der Waals surface area contributed by atoms with Crippen LogP contribution in [0.25, 0.3) is 0 Å². The molecule has 0 radical (unpaired) electrons. The summed E-state index contributed by atoms with van der Waals surface area (Å²) in [5.41, 5.74) is 6.61. The topological polar surface area (TPSA) is 62.5 Å². The zero-order valence-electron chi connectivity index (χ0n) is 10.4. The van der Waals surface area contributed by atoms with Crippen molar-refractivity contribution >= 4 is 23.2 Å². The van der Waals surface area contributed by atoms with Crippen molar-refractivity contribution in [2.45, 2.75) is 6.42 Å². The highest BCUT2D eigenvalue weighted by Gasteiger charge is 2.21. The van der Waals surface area contributed by atoms with Crippen molar-refractivity contribution in [2.24, 2.45) is 0 Å². The van der Waals surface area contributed by atoms with Gasteiger partial charge in [0, 0.05) is 19.6 Å². The third-order valence-corrected chi connectivity index (χ3v) is 3.35. The fraction of sp³-hybridized carbons (Fsp3) is 0.500. The summed E-state index contributed by atoms with van der Waals surface area (Å²) in [6.45, 7) is 3.36. The first-order valence-electron chi connectivity index (χ1n) is 5.97. The zero-order valence-corrected chi connectivity index (χ0v) is 11.2. The molecule has 0 unspecified atom stereocenters. The number of carbonyl (C=O) groups is 1. The Hall–Kier alpha value is -1.33. The molecule has 2 heterocycles. The fourth-order valence-electron chi connectivity index (χ4n) is 2.05. The first kappa shape index (κ1) is 13.1. The largest absolute Gasteiger partial charge is 0.397 e. The lowest BCUT2D eigenvalue weighted by Crippen LogP contribution is -2.34. The predicted molar refractivity (Wildman–Crippen MR) is 71.7 cm³/mol. The number of pyridine rings is 1. The van der Waals surface area contributed by atoms with Crippen molar-refractivity contribution in [3.63, 3.8) is 0 Å². The van der Waals surface area contributed by atoms with Gasteiger partial charge in [-0.25, -0.2) is 4.98 Å². The zero-order chi connectivity index (χ0) is 13.1. The number of hydrogen-bond acceptors (Lipinski definition) is 4. The molecule has 1 aliphatic rings. The molecule has 1 amide bonds. The average molecular weight is 269 g/mol. The van der Waals surface area contributed by atoms with E-state index in [0.717, 1.165) is 26.1 Å². The van der Waals surface area contributed by atoms with Crippen LogP contribution in [0.1, 0.15) is 16.8 Å². The third-order valence-electron chi connectivity index (χ3n) is 3.14. The van der Waals surface area contributed by atoms with Gasteiger partial charge in [-0.1, -0.05) is 11.6 Å². The number of nitrogens with zero attached hydrogens (tertiary/aromatic N) is 3. The molecule has 1 aliphatic heterocycles. The smallest absolute Gasteiger partial charge is 0.256 e. The number of rotatable bonds is 1. The lowest BCUT2D eigenvalue weighted by atomic mass is 10.2. The second-order valence-corrected chi connectivity index (χ2v) is 4.93. The van der Waals surface area contributed by atoms with Crippen LogP contribution < -0.4 is 5.73 Å². The predicted octanol–water partition coefficient (Wildman–Crippen LogP) is 1.09. The van der Waals surface area contributed by atoms with Crippen LogP contribution in [0.15, 0.2) is 12.3 Å². The average Bonchev–Trinajstić information content (AvgIpc) is 2.56. The third kappa shape index (κ3) is 2.91. The summed E-state index contributed by atoms with van der Waals surface area (Å²) >= 11 is 5.81. The molecule has 6 heteroatoms. The van der Waals surface area contributed by atoms with E-state index < -0.39 is 0 Å². The standard InChI is InChI=1S/C12H17ClN4O/c1-16-3-2-4-17(6-5-16)12(18)9-7-11(13)15-8-10(9)14/h7-8H,2-6,14H2,1H3. The summed E-state index contributed by atoms with van der Waals surface area (Å²) < 4.78 is 0. The van der Waals surface area contributed by atoms with Gasteiger partial charge in [0.1, 0.15) is 5.15 Å². The Balaban J connectivity index is 2.17. The number of likely N-dealkylation sites (N-methyl/N-ethyl adjacent to an activating group) is 1. The number of carbonyl (C=O) groups excluding carboxylic acids is 1. The number of amides is 1. The maximum Gasteiger partial charge on any atom is 0.256 e. The molecular weight excluding hydrogens is 252 g/mol. The molecule has 0 atom stereocenters. The molecule has 0 bridgehead atoms. The minimum atomic E-state index is -0.0629.